The van der Waals surface area contributed by atoms with E-state index < -0.39 is 10.8 Å². The van der Waals surface area contributed by atoms with Gasteiger partial charge in [0.05, 0.1) is 16.8 Å². The number of pyridine rings is 3. The molecule has 0 amide bonds. The van der Waals surface area contributed by atoms with Crippen LogP contribution >= 0.6 is 0 Å². The monoisotopic (exact) mass is 757 g/mol. The van der Waals surface area contributed by atoms with Crippen molar-refractivity contribution in [2.45, 2.75) is 24.7 Å². The van der Waals surface area contributed by atoms with Crippen molar-refractivity contribution >= 4 is 10.8 Å². The minimum atomic E-state index is -0.639. The summed E-state index contributed by atoms with van der Waals surface area (Å²) in [5.41, 5.74) is 6.35. The van der Waals surface area contributed by atoms with Crippen molar-refractivity contribution in [3.05, 3.63) is 198 Å². The molecule has 7 rings (SSSR count). The molecule has 0 aliphatic heterocycles. The summed E-state index contributed by atoms with van der Waals surface area (Å²) in [6, 6.07) is 56.0. The van der Waals surface area contributed by atoms with Crippen molar-refractivity contribution in [2.24, 2.45) is 0 Å². The Hall–Kier alpha value is -4.76. The minimum absolute atomic E-state index is 0. The molecular weight excluding hydrogens is 727 g/mol. The first kappa shape index (κ1) is 30.3. The quantitative estimate of drug-likeness (QED) is 0.153. The molecule has 0 aliphatic rings. The summed E-state index contributed by atoms with van der Waals surface area (Å²) < 4.78 is 0. The van der Waals surface area contributed by atoms with Crippen molar-refractivity contribution in [1.29, 1.82) is 0 Å². The van der Waals surface area contributed by atoms with Crippen LogP contribution in [0.15, 0.2) is 146 Å². The zero-order valence-corrected chi connectivity index (χ0v) is 27.4. The Bertz CT molecular complexity index is 1950. The second-order valence-electron chi connectivity index (χ2n) is 11.3. The van der Waals surface area contributed by atoms with Gasteiger partial charge in [-0.3, -0.25) is 15.0 Å². The molecule has 218 valence electrons. The van der Waals surface area contributed by atoms with Gasteiger partial charge in [-0.1, -0.05) is 36.4 Å². The Balaban J connectivity index is 0.00000357. The van der Waals surface area contributed by atoms with E-state index in [0.29, 0.717) is 0 Å². The molecular formula is C41H30IrN3. The fourth-order valence-corrected chi connectivity index (χ4v) is 6.11. The molecule has 2 atom stereocenters. The molecule has 7 aromatic rings. The van der Waals surface area contributed by atoms with Crippen LogP contribution in [0, 0.1) is 18.2 Å². The first-order valence-electron chi connectivity index (χ1n) is 14.8. The molecule has 45 heavy (non-hydrogen) atoms. The van der Waals surface area contributed by atoms with Gasteiger partial charge in [-0.05, 0) is 60.6 Å². The molecule has 0 radical (unpaired) electrons. The smallest absolute Gasteiger partial charge is 0.299 e. The molecule has 0 aliphatic carbocycles. The largest absolute Gasteiger partial charge is 3.00 e. The topological polar surface area (TPSA) is 38.7 Å². The van der Waals surface area contributed by atoms with E-state index in [0.717, 1.165) is 55.8 Å². The van der Waals surface area contributed by atoms with E-state index in [-0.39, 0.29) is 20.1 Å². The number of nitrogens with zero attached hydrogens (tertiary/aromatic N) is 3. The third kappa shape index (κ3) is 5.42. The fraction of sp³-hybridized carbons (Fsp3) is 0.0976. The normalized spacial score (nSPS) is 13.7. The van der Waals surface area contributed by atoms with Crippen molar-refractivity contribution in [2.75, 3.05) is 0 Å². The number of benzene rings is 4. The second kappa shape index (κ2) is 12.7. The molecule has 0 spiro atoms. The van der Waals surface area contributed by atoms with Gasteiger partial charge < -0.3 is 0 Å². The maximum absolute atomic E-state index is 5.45. The van der Waals surface area contributed by atoms with Gasteiger partial charge in [0, 0.05) is 23.5 Å². The van der Waals surface area contributed by atoms with Crippen LogP contribution in [0.5, 0.6) is 0 Å². The maximum atomic E-state index is 5.45. The summed E-state index contributed by atoms with van der Waals surface area (Å²) in [4.78, 5) is 15.1. The van der Waals surface area contributed by atoms with Crippen LogP contribution in [0.4, 0.5) is 0 Å². The summed E-state index contributed by atoms with van der Waals surface area (Å²) in [5.74, 6) is 0. The maximum Gasteiger partial charge on any atom is 3.00 e. The van der Waals surface area contributed by atoms with Gasteiger partial charge >= 0.3 is 20.1 Å². The van der Waals surface area contributed by atoms with Crippen LogP contribution in [0.25, 0.3) is 22.0 Å². The van der Waals surface area contributed by atoms with Crippen LogP contribution in [0.2, 0.25) is 0 Å². The van der Waals surface area contributed by atoms with Crippen molar-refractivity contribution in [3.63, 3.8) is 0 Å². The predicted octanol–water partition coefficient (Wildman–Crippen LogP) is 8.80. The standard InChI is InChI=1S/C41H30N3.Ir/c1-40(32-18-5-3-6-19-32,36-24-11-13-26-42-36)34-22-15-17-31(28-34)39-35-23-10-9-16-30(35)29-38(44-39)41(2,33-20-7-4-8-21-33)37-25-12-14-27-43-37;/h3-18,20,22-27,29H,1-2H3;/q-3;+3/t40?,41-;/m1./s1. The van der Waals surface area contributed by atoms with Crippen LogP contribution in [0.1, 0.15) is 47.6 Å². The zero-order valence-electron chi connectivity index (χ0n) is 25.0. The molecule has 0 saturated carbocycles. The fourth-order valence-electron chi connectivity index (χ4n) is 6.11. The molecule has 4 heteroatoms. The average molecular weight is 757 g/mol. The van der Waals surface area contributed by atoms with E-state index in [9.17, 15) is 0 Å². The third-order valence-corrected chi connectivity index (χ3v) is 8.69. The Labute approximate surface area is 278 Å². The van der Waals surface area contributed by atoms with E-state index in [1.165, 1.54) is 0 Å². The number of aromatic nitrogens is 3. The Morgan fingerprint density at radius 2 is 1.11 bits per heavy atom. The molecule has 3 nitrogen and oxygen atoms in total. The molecule has 4 aromatic carbocycles. The second-order valence-corrected chi connectivity index (χ2v) is 11.3. The molecule has 3 heterocycles. The van der Waals surface area contributed by atoms with Gasteiger partial charge in [0.1, 0.15) is 0 Å². The molecule has 0 bridgehead atoms. The van der Waals surface area contributed by atoms with Gasteiger partial charge in [0.25, 0.3) is 0 Å². The van der Waals surface area contributed by atoms with Crippen molar-refractivity contribution in [3.8, 4) is 11.3 Å². The SMILES string of the molecule is CC(c1[c-]cccc1)(c1[c-]c(-c2nc([C@](C)(c3[c-]cccc3)c3ccccn3)cc3ccccc23)ccc1)c1ccccn1.[Ir+3]. The van der Waals surface area contributed by atoms with Crippen molar-refractivity contribution in [1.82, 2.24) is 15.0 Å². The Morgan fingerprint density at radius 3 is 1.73 bits per heavy atom. The van der Waals surface area contributed by atoms with Crippen LogP contribution in [-0.4, -0.2) is 15.0 Å². The van der Waals surface area contributed by atoms with Gasteiger partial charge in [-0.2, -0.15) is 60.7 Å². The van der Waals surface area contributed by atoms with Gasteiger partial charge in [-0.25, -0.2) is 0 Å². The van der Waals surface area contributed by atoms with Gasteiger partial charge in [-0.15, -0.1) is 46.5 Å². The van der Waals surface area contributed by atoms with Gasteiger partial charge in [0.2, 0.25) is 0 Å². The Kier molecular flexibility index (Phi) is 8.54. The molecule has 0 fully saturated rings. The van der Waals surface area contributed by atoms with E-state index >= 15 is 0 Å². The number of rotatable bonds is 7. The van der Waals surface area contributed by atoms with Crippen LogP contribution in [-0.2, 0) is 30.9 Å². The third-order valence-electron chi connectivity index (χ3n) is 8.69. The first-order chi connectivity index (χ1) is 21.6. The van der Waals surface area contributed by atoms with E-state index in [4.69, 9.17) is 15.0 Å². The molecule has 0 N–H and O–H groups in total. The van der Waals surface area contributed by atoms with E-state index in [1.807, 2.05) is 67.0 Å². The van der Waals surface area contributed by atoms with Crippen LogP contribution in [0.3, 0.4) is 0 Å². The Morgan fingerprint density at radius 1 is 0.533 bits per heavy atom. The summed E-state index contributed by atoms with van der Waals surface area (Å²) in [6.07, 6.45) is 3.69. The summed E-state index contributed by atoms with van der Waals surface area (Å²) >= 11 is 0. The average Bonchev–Trinajstić information content (AvgIpc) is 3.12. The van der Waals surface area contributed by atoms with E-state index in [1.54, 1.807) is 0 Å². The molecule has 1 unspecified atom stereocenters. The zero-order chi connectivity index (χ0) is 30.0. The minimum Gasteiger partial charge on any atom is -0.299 e. The van der Waals surface area contributed by atoms with Crippen LogP contribution < -0.4 is 0 Å². The summed E-state index contributed by atoms with van der Waals surface area (Å²) in [6.45, 7) is 4.38. The number of hydrogen-bond donors (Lipinski definition) is 0. The van der Waals surface area contributed by atoms with Crippen molar-refractivity contribution < 1.29 is 20.1 Å². The summed E-state index contributed by atoms with van der Waals surface area (Å²) in [5, 5.41) is 2.17. The number of fused-ring (bicyclic) bond motifs is 1. The summed E-state index contributed by atoms with van der Waals surface area (Å²) in [7, 11) is 0. The van der Waals surface area contributed by atoms with Gasteiger partial charge in [0.15, 0.2) is 0 Å². The first-order valence-corrected chi connectivity index (χ1v) is 14.8. The number of hydrogen-bond acceptors (Lipinski definition) is 3. The predicted molar refractivity (Wildman–Crippen MR) is 176 cm³/mol. The molecule has 0 saturated heterocycles. The molecule has 3 aromatic heterocycles. The van der Waals surface area contributed by atoms with E-state index in [2.05, 4.69) is 111 Å².